The van der Waals surface area contributed by atoms with Crippen LogP contribution in [0.5, 0.6) is 0 Å². The van der Waals surface area contributed by atoms with E-state index >= 15 is 0 Å². The van der Waals surface area contributed by atoms with E-state index in [2.05, 4.69) is 4.98 Å². The molecular formula is C18H16FN3O4S. The van der Waals surface area contributed by atoms with E-state index in [4.69, 9.17) is 0 Å². The van der Waals surface area contributed by atoms with E-state index in [9.17, 15) is 22.4 Å². The summed E-state index contributed by atoms with van der Waals surface area (Å²) in [5, 5.41) is 0. The molecule has 1 aromatic carbocycles. The van der Waals surface area contributed by atoms with Crippen LogP contribution < -0.4 is 0 Å². The van der Waals surface area contributed by atoms with E-state index in [1.54, 1.807) is 6.07 Å². The number of imide groups is 1. The number of rotatable bonds is 3. The Morgan fingerprint density at radius 3 is 2.67 bits per heavy atom. The van der Waals surface area contributed by atoms with Gasteiger partial charge in [0.25, 0.3) is 11.8 Å². The molecule has 2 aliphatic rings. The van der Waals surface area contributed by atoms with Crippen molar-refractivity contribution in [3.63, 3.8) is 0 Å². The summed E-state index contributed by atoms with van der Waals surface area (Å²) in [4.78, 5) is 30.2. The molecule has 4 rings (SSSR count). The number of nitrogens with zero attached hydrogens (tertiary/aromatic N) is 3. The van der Waals surface area contributed by atoms with Crippen LogP contribution in [0.1, 0.15) is 32.8 Å². The SMILES string of the molecule is Cc1cc(S(=O)(=O)N2CCC(N3C(=O)c4cccnc4C3=O)C2)ccc1F. The van der Waals surface area contributed by atoms with Crippen LogP contribution in [0, 0.1) is 12.7 Å². The first kappa shape index (κ1) is 17.7. The van der Waals surface area contributed by atoms with Gasteiger partial charge >= 0.3 is 0 Å². The molecule has 0 aliphatic carbocycles. The Bertz CT molecular complexity index is 1040. The zero-order valence-electron chi connectivity index (χ0n) is 14.4. The molecule has 27 heavy (non-hydrogen) atoms. The molecular weight excluding hydrogens is 373 g/mol. The van der Waals surface area contributed by atoms with Gasteiger partial charge in [-0.3, -0.25) is 19.5 Å². The second kappa shape index (κ2) is 6.21. The number of aryl methyl sites for hydroxylation is 1. The van der Waals surface area contributed by atoms with E-state index in [1.165, 1.54) is 35.6 Å². The number of sulfonamides is 1. The third-order valence-corrected chi connectivity index (χ3v) is 6.80. The molecule has 1 saturated heterocycles. The van der Waals surface area contributed by atoms with Crippen molar-refractivity contribution < 1.29 is 22.4 Å². The number of hydrogen-bond donors (Lipinski definition) is 0. The Morgan fingerprint density at radius 2 is 1.96 bits per heavy atom. The second-order valence-corrected chi connectivity index (χ2v) is 8.53. The number of fused-ring (bicyclic) bond motifs is 1. The lowest BCUT2D eigenvalue weighted by Gasteiger charge is -2.22. The number of hydrogen-bond acceptors (Lipinski definition) is 5. The highest BCUT2D eigenvalue weighted by atomic mass is 32.2. The van der Waals surface area contributed by atoms with Crippen LogP contribution in [0.3, 0.4) is 0 Å². The predicted molar refractivity (Wildman–Crippen MR) is 93.0 cm³/mol. The molecule has 2 aliphatic heterocycles. The molecule has 0 bridgehead atoms. The van der Waals surface area contributed by atoms with Gasteiger partial charge in [-0.2, -0.15) is 4.31 Å². The van der Waals surface area contributed by atoms with Gasteiger partial charge in [0, 0.05) is 19.3 Å². The summed E-state index contributed by atoms with van der Waals surface area (Å²) in [5.41, 5.74) is 0.564. The molecule has 3 heterocycles. The first-order valence-electron chi connectivity index (χ1n) is 8.40. The van der Waals surface area contributed by atoms with Crippen molar-refractivity contribution in [1.29, 1.82) is 0 Å². The number of carbonyl (C=O) groups is 2. The number of halogens is 1. The first-order valence-corrected chi connectivity index (χ1v) is 9.84. The summed E-state index contributed by atoms with van der Waals surface area (Å²) in [6, 6.07) is 6.17. The lowest BCUT2D eigenvalue weighted by molar-refractivity contribution is 0.0591. The Kier molecular flexibility index (Phi) is 4.08. The van der Waals surface area contributed by atoms with Crippen molar-refractivity contribution >= 4 is 21.8 Å². The predicted octanol–water partition coefficient (Wildman–Crippen LogP) is 1.59. The summed E-state index contributed by atoms with van der Waals surface area (Å²) in [5.74, 6) is -1.44. The quantitative estimate of drug-likeness (QED) is 0.744. The highest BCUT2D eigenvalue weighted by Crippen LogP contribution is 2.29. The van der Waals surface area contributed by atoms with Crippen LogP contribution in [-0.2, 0) is 10.0 Å². The molecule has 1 aromatic heterocycles. The molecule has 0 saturated carbocycles. The molecule has 2 amide bonds. The minimum Gasteiger partial charge on any atom is -0.268 e. The summed E-state index contributed by atoms with van der Waals surface area (Å²) in [6.07, 6.45) is 1.78. The number of carbonyl (C=O) groups excluding carboxylic acids is 2. The van der Waals surface area contributed by atoms with Crippen molar-refractivity contribution in [3.05, 3.63) is 59.2 Å². The summed E-state index contributed by atoms with van der Waals surface area (Å²) in [7, 11) is -3.84. The molecule has 1 fully saturated rings. The van der Waals surface area contributed by atoms with Crippen molar-refractivity contribution in [2.24, 2.45) is 0 Å². The van der Waals surface area contributed by atoms with Crippen LogP contribution in [0.25, 0.3) is 0 Å². The highest BCUT2D eigenvalue weighted by Gasteiger charge is 2.45. The van der Waals surface area contributed by atoms with E-state index in [0.29, 0.717) is 6.42 Å². The fourth-order valence-corrected chi connectivity index (χ4v) is 5.06. The lowest BCUT2D eigenvalue weighted by atomic mass is 10.2. The average molecular weight is 389 g/mol. The van der Waals surface area contributed by atoms with Crippen molar-refractivity contribution in [1.82, 2.24) is 14.2 Å². The van der Waals surface area contributed by atoms with Gasteiger partial charge in [0.15, 0.2) is 0 Å². The number of aromatic nitrogens is 1. The summed E-state index contributed by atoms with van der Waals surface area (Å²) in [6.45, 7) is 1.67. The second-order valence-electron chi connectivity index (χ2n) is 6.60. The Labute approximate surface area is 155 Å². The Hall–Kier alpha value is -2.65. The summed E-state index contributed by atoms with van der Waals surface area (Å²) >= 11 is 0. The first-order chi connectivity index (χ1) is 12.8. The van der Waals surface area contributed by atoms with Crippen LogP contribution in [0.4, 0.5) is 4.39 Å². The molecule has 0 spiro atoms. The number of benzene rings is 1. The molecule has 0 N–H and O–H groups in total. The van der Waals surface area contributed by atoms with Gasteiger partial charge in [-0.15, -0.1) is 0 Å². The van der Waals surface area contributed by atoms with Gasteiger partial charge in [0.1, 0.15) is 11.5 Å². The smallest absolute Gasteiger partial charge is 0.268 e. The van der Waals surface area contributed by atoms with Crippen molar-refractivity contribution in [2.45, 2.75) is 24.3 Å². The minimum atomic E-state index is -3.84. The third kappa shape index (κ3) is 2.74. The van der Waals surface area contributed by atoms with Gasteiger partial charge in [0.05, 0.1) is 16.5 Å². The molecule has 7 nitrogen and oxygen atoms in total. The van der Waals surface area contributed by atoms with Crippen LogP contribution in [0.15, 0.2) is 41.4 Å². The maximum Gasteiger partial charge on any atom is 0.280 e. The molecule has 0 radical (unpaired) electrons. The normalized spacial score (nSPS) is 20.4. The fraction of sp³-hybridized carbons (Fsp3) is 0.278. The topological polar surface area (TPSA) is 87.7 Å². The maximum absolute atomic E-state index is 13.5. The van der Waals surface area contributed by atoms with E-state index < -0.39 is 33.7 Å². The highest BCUT2D eigenvalue weighted by molar-refractivity contribution is 7.89. The summed E-state index contributed by atoms with van der Waals surface area (Å²) < 4.78 is 40.4. The van der Waals surface area contributed by atoms with E-state index in [-0.39, 0.29) is 34.8 Å². The molecule has 9 heteroatoms. The fourth-order valence-electron chi connectivity index (χ4n) is 3.48. The lowest BCUT2D eigenvalue weighted by Crippen LogP contribution is -2.42. The van der Waals surface area contributed by atoms with Crippen LogP contribution in [-0.4, -0.2) is 53.6 Å². The zero-order valence-corrected chi connectivity index (χ0v) is 15.2. The van der Waals surface area contributed by atoms with Crippen molar-refractivity contribution in [3.8, 4) is 0 Å². The monoisotopic (exact) mass is 389 g/mol. The van der Waals surface area contributed by atoms with E-state index in [1.807, 2.05) is 0 Å². The standard InChI is InChI=1S/C18H16FN3O4S/c1-11-9-13(4-5-15(11)19)27(25,26)21-8-6-12(10-21)22-17(23)14-3-2-7-20-16(14)18(22)24/h2-5,7,9,12H,6,8,10H2,1H3. The van der Waals surface area contributed by atoms with Gasteiger partial charge in [-0.25, -0.2) is 12.8 Å². The molecule has 140 valence electrons. The van der Waals surface area contributed by atoms with Crippen LogP contribution in [0.2, 0.25) is 0 Å². The molecule has 2 aromatic rings. The minimum absolute atomic E-state index is 0.00419. The van der Waals surface area contributed by atoms with E-state index in [0.717, 1.165) is 11.0 Å². The number of pyridine rings is 1. The van der Waals surface area contributed by atoms with Crippen LogP contribution >= 0.6 is 0 Å². The Morgan fingerprint density at radius 1 is 1.19 bits per heavy atom. The largest absolute Gasteiger partial charge is 0.280 e. The molecule has 1 unspecified atom stereocenters. The Balaban J connectivity index is 1.58. The van der Waals surface area contributed by atoms with Crippen molar-refractivity contribution in [2.75, 3.05) is 13.1 Å². The molecule has 1 atom stereocenters. The van der Waals surface area contributed by atoms with Gasteiger partial charge in [-0.05, 0) is 49.2 Å². The third-order valence-electron chi connectivity index (χ3n) is 4.94. The zero-order chi connectivity index (χ0) is 19.3. The van der Waals surface area contributed by atoms with Gasteiger partial charge < -0.3 is 0 Å². The maximum atomic E-state index is 13.5. The van der Waals surface area contributed by atoms with Gasteiger partial charge in [0.2, 0.25) is 10.0 Å². The average Bonchev–Trinajstić information content (AvgIpc) is 3.22. The number of amides is 2. The van der Waals surface area contributed by atoms with Gasteiger partial charge in [-0.1, -0.05) is 0 Å².